The van der Waals surface area contributed by atoms with Gasteiger partial charge >= 0.3 is 0 Å². The highest BCUT2D eigenvalue weighted by Crippen LogP contribution is 2.61. The van der Waals surface area contributed by atoms with Gasteiger partial charge in [-0.25, -0.2) is 0 Å². The van der Waals surface area contributed by atoms with E-state index >= 15 is 0 Å². The molecule has 0 aromatic heterocycles. The summed E-state index contributed by atoms with van der Waals surface area (Å²) < 4.78 is 48.6. The first-order chi connectivity index (χ1) is 50.1. The van der Waals surface area contributed by atoms with Gasteiger partial charge in [0, 0.05) is 19.5 Å². The van der Waals surface area contributed by atoms with E-state index in [1.807, 2.05) is 38.1 Å². The maximum Gasteiger partial charge on any atom is 0.0399 e. The van der Waals surface area contributed by atoms with Crippen LogP contribution in [0.1, 0.15) is 440 Å². The number of rotatable bonds is 3. The Kier molecular flexibility index (Phi) is 24.6. The summed E-state index contributed by atoms with van der Waals surface area (Å²) in [4.78, 5) is 0. The van der Waals surface area contributed by atoms with E-state index in [2.05, 4.69) is 204 Å². The fourth-order valence-electron chi connectivity index (χ4n) is 21.4. The molecule has 10 aliphatic carbocycles. The molecular formula is C102H158. The van der Waals surface area contributed by atoms with Crippen LogP contribution in [-0.4, -0.2) is 0 Å². The van der Waals surface area contributed by atoms with Crippen LogP contribution in [0.25, 0.3) is 0 Å². The predicted octanol–water partition coefficient (Wildman–Crippen LogP) is 32.1. The molecule has 10 aliphatic rings. The van der Waals surface area contributed by atoms with Crippen LogP contribution in [0.5, 0.6) is 0 Å². The van der Waals surface area contributed by atoms with Crippen LogP contribution in [0, 0.1) is 96.1 Å². The van der Waals surface area contributed by atoms with Crippen molar-refractivity contribution in [1.29, 1.82) is 0 Å². The lowest BCUT2D eigenvalue weighted by Crippen LogP contribution is -2.35. The molecule has 9 fully saturated rings. The third-order valence-corrected chi connectivity index (χ3v) is 30.0. The lowest BCUT2D eigenvalue weighted by Gasteiger charge is -2.48. The topological polar surface area (TPSA) is 0 Å². The first kappa shape index (κ1) is 73.6. The van der Waals surface area contributed by atoms with Crippen molar-refractivity contribution in [2.75, 3.05) is 0 Å². The average Bonchev–Trinajstić information content (AvgIpc) is 1.28. The lowest BCUT2D eigenvalue weighted by atomic mass is 9.57. The fourth-order valence-corrected chi connectivity index (χ4v) is 21.4. The van der Waals surface area contributed by atoms with Gasteiger partial charge in [0.05, 0.1) is 0 Å². The number of aryl methyl sites for hydroxylation is 6. The average molecular weight is 1390 g/mol. The largest absolute Gasteiger partial charge is 0.0625 e. The van der Waals surface area contributed by atoms with E-state index in [9.17, 15) is 0 Å². The summed E-state index contributed by atoms with van der Waals surface area (Å²) in [5.74, 6) is 0.277. The van der Waals surface area contributed by atoms with Gasteiger partial charge in [-0.3, -0.25) is 0 Å². The fraction of sp³-hybridized carbons (Fsp3) is 0.706. The molecule has 0 amide bonds. The Morgan fingerprint density at radius 2 is 0.647 bits per heavy atom. The molecule has 5 aromatic rings. The predicted molar refractivity (Wildman–Crippen MR) is 449 cm³/mol. The second-order valence-electron chi connectivity index (χ2n) is 41.4. The third-order valence-electron chi connectivity index (χ3n) is 30.0. The molecule has 0 aliphatic heterocycles. The number of fused-ring (bicyclic) bond motifs is 2. The Morgan fingerprint density at radius 3 is 1.04 bits per heavy atom. The Bertz CT molecular complexity index is 3550. The highest BCUT2D eigenvalue weighted by Gasteiger charge is 2.50. The summed E-state index contributed by atoms with van der Waals surface area (Å²) in [7, 11) is 0. The zero-order valence-corrected chi connectivity index (χ0v) is 70.2. The van der Waals surface area contributed by atoms with Crippen molar-refractivity contribution in [3.05, 3.63) is 175 Å². The quantitative estimate of drug-likeness (QED) is 0.169. The minimum absolute atomic E-state index is 0.0201. The molecule has 0 saturated heterocycles. The Hall–Kier alpha value is -3.90. The van der Waals surface area contributed by atoms with Gasteiger partial charge in [-0.05, 0) is 353 Å². The van der Waals surface area contributed by atoms with E-state index in [-0.39, 0.29) is 11.3 Å². The molecule has 0 unspecified atom stereocenters. The zero-order valence-electron chi connectivity index (χ0n) is 76.2. The van der Waals surface area contributed by atoms with Crippen molar-refractivity contribution < 1.29 is 8.22 Å². The maximum atomic E-state index is 8.77. The molecule has 102 heavy (non-hydrogen) atoms. The zero-order chi connectivity index (χ0) is 79.4. The van der Waals surface area contributed by atoms with Gasteiger partial charge in [-0.15, -0.1) is 0 Å². The lowest BCUT2D eigenvalue weighted by molar-refractivity contribution is 0.0378. The van der Waals surface area contributed by atoms with Crippen molar-refractivity contribution in [1.82, 2.24) is 0 Å². The van der Waals surface area contributed by atoms with Gasteiger partial charge in [0.2, 0.25) is 0 Å². The third kappa shape index (κ3) is 21.7. The number of hydrogen-bond acceptors (Lipinski definition) is 0. The molecule has 5 aromatic carbocycles. The highest BCUT2D eigenvalue weighted by molar-refractivity contribution is 5.55. The van der Waals surface area contributed by atoms with Crippen LogP contribution < -0.4 is 0 Å². The number of hydrogen-bond donors (Lipinski definition) is 0. The Labute approximate surface area is 640 Å². The molecular weight excluding hydrogens is 1230 g/mol. The smallest absolute Gasteiger partial charge is 0.0399 e. The summed E-state index contributed by atoms with van der Waals surface area (Å²) in [5.41, 5.74) is 21.2. The van der Waals surface area contributed by atoms with Gasteiger partial charge in [0.25, 0.3) is 0 Å². The van der Waals surface area contributed by atoms with Gasteiger partial charge in [0.15, 0.2) is 0 Å². The molecule has 0 nitrogen and oxygen atoms in total. The molecule has 0 atom stereocenters. The van der Waals surface area contributed by atoms with Crippen LogP contribution >= 0.6 is 0 Å². The van der Waals surface area contributed by atoms with Crippen molar-refractivity contribution >= 4 is 0 Å². The summed E-state index contributed by atoms with van der Waals surface area (Å²) in [5, 5.41) is 0. The molecule has 566 valence electrons. The van der Waals surface area contributed by atoms with Crippen molar-refractivity contribution in [3.63, 3.8) is 0 Å². The highest BCUT2D eigenvalue weighted by atomic mass is 14.5. The molecule has 15 rings (SSSR count). The van der Waals surface area contributed by atoms with E-state index in [0.717, 1.165) is 83.4 Å². The minimum Gasteiger partial charge on any atom is -0.0625 e. The second-order valence-corrected chi connectivity index (χ2v) is 41.4. The van der Waals surface area contributed by atoms with Crippen molar-refractivity contribution in [3.8, 4) is 0 Å². The molecule has 3 spiro atoms. The van der Waals surface area contributed by atoms with Gasteiger partial charge in [0.1, 0.15) is 0 Å². The normalized spacial score (nSPS) is 26.5. The molecule has 0 heterocycles. The summed E-state index contributed by atoms with van der Waals surface area (Å²) >= 11 is 0. The summed E-state index contributed by atoms with van der Waals surface area (Å²) in [6.07, 6.45) is 48.2. The molecule has 9 saturated carbocycles. The summed E-state index contributed by atoms with van der Waals surface area (Å²) in [6.45, 7) is 45.7. The Morgan fingerprint density at radius 1 is 0.314 bits per heavy atom. The van der Waals surface area contributed by atoms with E-state index in [1.54, 1.807) is 17.2 Å². The molecule has 0 heteroatoms. The number of benzene rings is 5. The standard InChI is InChI=1S/C19H28.C17H18.C16H28.2C16H24.C11H22.C7H14/c1-15-6-7-18(14-16(15)2)17-8-12-19(13-9-17)10-4-3-5-11-19;1-12-13-8-4-6-10-15(13)17(2,3)16-11-7-5-9-14(12)16;1-14-4-8-16(9-5-14)12-10-15(11-13-16)6-2-3-7-15;2*1-12-5-6-15(11-13(12)2)14-7-9-16(3,4)10-8-14;1-9(2)7-10(3,4)11(5,6)8-9;1-7(2)5-3-4-6-7/h6-7,14,17H,3-5,8-13H2,1-2H3;4-12H,1-3H3;14H,2-13H2,1H3;2*5-6,11,14H,7-10H2,1-4H3;7-8H2,1-6H3;3-6H2,1-2H3/i;12D;14D;2D3,14D;;;. The van der Waals surface area contributed by atoms with Crippen LogP contribution in [-0.2, 0) is 5.41 Å². The minimum atomic E-state index is -2.09. The van der Waals surface area contributed by atoms with E-state index in [0.29, 0.717) is 43.5 Å². The SMILES string of the molecule is CC1(C)CC(C)(C)C(C)(C)C1.CC1(C)CCCC1.Cc1ccc(C2CCC(C)(C)CC2)cc1C.Cc1ccc(C2CCC3(CCCCC3)CC2)cc1C.[2H]C([2H])([2H])c1cc(C2([2H])CCC(C)(C)CC2)ccc1C.[2H]C1(C)CCC2(CC1)CCC1(CCCC1)CC2.[2H]C1(C)c2ccccc2C(C)(C)c2ccccc21. The van der Waals surface area contributed by atoms with Gasteiger partial charge < -0.3 is 0 Å². The van der Waals surface area contributed by atoms with Crippen LogP contribution in [0.2, 0.25) is 0 Å². The monoisotopic (exact) mass is 1390 g/mol. The van der Waals surface area contributed by atoms with Crippen molar-refractivity contribution in [2.45, 2.75) is 406 Å². The van der Waals surface area contributed by atoms with Crippen molar-refractivity contribution in [2.24, 2.45) is 54.6 Å². The second kappa shape index (κ2) is 34.1. The van der Waals surface area contributed by atoms with Gasteiger partial charge in [-0.2, -0.15) is 0 Å². The van der Waals surface area contributed by atoms with Crippen LogP contribution in [0.15, 0.2) is 103 Å². The van der Waals surface area contributed by atoms with E-state index in [1.165, 1.54) is 220 Å². The summed E-state index contributed by atoms with van der Waals surface area (Å²) in [6, 6.07) is 36.4. The molecule has 0 bridgehead atoms. The first-order valence-electron chi connectivity index (χ1n) is 45.5. The van der Waals surface area contributed by atoms with E-state index < -0.39 is 18.6 Å². The maximum absolute atomic E-state index is 8.77. The van der Waals surface area contributed by atoms with Crippen LogP contribution in [0.3, 0.4) is 0 Å². The molecule has 0 N–H and O–H groups in total. The van der Waals surface area contributed by atoms with Gasteiger partial charge in [-0.1, -0.05) is 272 Å². The Balaban J connectivity index is 0.000000148. The van der Waals surface area contributed by atoms with Crippen LogP contribution in [0.4, 0.5) is 0 Å². The van der Waals surface area contributed by atoms with E-state index in [4.69, 9.17) is 8.22 Å². The first-order valence-corrected chi connectivity index (χ1v) is 42.5. The molecule has 0 radical (unpaired) electrons.